The minimum atomic E-state index is -0.830. The van der Waals surface area contributed by atoms with E-state index in [9.17, 15) is 14.0 Å². The van der Waals surface area contributed by atoms with Crippen LogP contribution >= 0.6 is 0 Å². The van der Waals surface area contributed by atoms with Gasteiger partial charge in [0.25, 0.3) is 0 Å². The molecule has 31 heavy (non-hydrogen) atoms. The van der Waals surface area contributed by atoms with Gasteiger partial charge in [-0.2, -0.15) is 0 Å². The van der Waals surface area contributed by atoms with Crippen molar-refractivity contribution >= 4 is 17.8 Å². The van der Waals surface area contributed by atoms with Gasteiger partial charge in [-0.05, 0) is 49.8 Å². The summed E-state index contributed by atoms with van der Waals surface area (Å²) in [7, 11) is 0. The quantitative estimate of drug-likeness (QED) is 0.317. The lowest BCUT2D eigenvalue weighted by Gasteiger charge is -2.08. The summed E-state index contributed by atoms with van der Waals surface area (Å²) < 4.78 is 30.5. The molecule has 1 heterocycles. The Morgan fingerprint density at radius 2 is 1.84 bits per heavy atom. The van der Waals surface area contributed by atoms with E-state index >= 15 is 0 Å². The number of Topliss-reactive ketones (excluding diaryl/α,β-unsaturated/α-hetero) is 1. The molecule has 3 aromatic carbocycles. The second-order valence-electron chi connectivity index (χ2n) is 6.89. The average Bonchev–Trinajstić information content (AvgIpc) is 3.05. The largest absolute Gasteiger partial charge is 0.493 e. The van der Waals surface area contributed by atoms with Crippen molar-refractivity contribution in [2.75, 3.05) is 6.61 Å². The molecule has 3 aromatic rings. The van der Waals surface area contributed by atoms with Gasteiger partial charge >= 0.3 is 5.97 Å². The topological polar surface area (TPSA) is 61.8 Å². The highest BCUT2D eigenvalue weighted by Gasteiger charge is 2.30. The summed E-state index contributed by atoms with van der Waals surface area (Å²) in [4.78, 5) is 25.2. The molecule has 0 aromatic heterocycles. The Morgan fingerprint density at radius 1 is 1.10 bits per heavy atom. The van der Waals surface area contributed by atoms with Crippen LogP contribution in [0.4, 0.5) is 4.39 Å². The number of fused-ring (bicyclic) bond motifs is 1. The van der Waals surface area contributed by atoms with Gasteiger partial charge in [0.1, 0.15) is 23.1 Å². The van der Waals surface area contributed by atoms with Gasteiger partial charge in [0.05, 0.1) is 17.7 Å². The standard InChI is InChI=1S/C25H19FO5/c1-3-29-20-11-7-4-8-16(20)13-22-24(27)23-15(2)12-17(14-21(23)31-22)30-25(28)18-9-5-6-10-19(18)26/h4-14H,3H2,1-2H3/b22-13-. The highest BCUT2D eigenvalue weighted by atomic mass is 19.1. The summed E-state index contributed by atoms with van der Waals surface area (Å²) in [5, 5.41) is 0. The zero-order valence-electron chi connectivity index (χ0n) is 17.0. The van der Waals surface area contributed by atoms with Gasteiger partial charge in [0.15, 0.2) is 5.76 Å². The van der Waals surface area contributed by atoms with E-state index < -0.39 is 11.8 Å². The van der Waals surface area contributed by atoms with Crippen LogP contribution in [0.15, 0.2) is 66.4 Å². The first-order valence-electron chi connectivity index (χ1n) is 9.75. The second-order valence-corrected chi connectivity index (χ2v) is 6.89. The molecule has 4 rings (SSSR count). The molecule has 0 amide bonds. The minimum Gasteiger partial charge on any atom is -0.493 e. The van der Waals surface area contributed by atoms with Crippen molar-refractivity contribution in [2.45, 2.75) is 13.8 Å². The maximum absolute atomic E-state index is 13.9. The van der Waals surface area contributed by atoms with E-state index in [0.717, 1.165) is 0 Å². The Hall–Kier alpha value is -3.93. The summed E-state index contributed by atoms with van der Waals surface area (Å²) in [6.45, 7) is 4.09. The van der Waals surface area contributed by atoms with Gasteiger partial charge in [-0.25, -0.2) is 9.18 Å². The Labute approximate surface area is 178 Å². The molecule has 0 atom stereocenters. The average molecular weight is 418 g/mol. The maximum Gasteiger partial charge on any atom is 0.346 e. The molecular formula is C25H19FO5. The Kier molecular flexibility index (Phi) is 5.54. The third-order valence-electron chi connectivity index (χ3n) is 4.75. The van der Waals surface area contributed by atoms with Crippen molar-refractivity contribution in [2.24, 2.45) is 0 Å². The van der Waals surface area contributed by atoms with Crippen LogP contribution in [0, 0.1) is 12.7 Å². The number of para-hydroxylation sites is 1. The van der Waals surface area contributed by atoms with Crippen molar-refractivity contribution in [3.63, 3.8) is 0 Å². The predicted molar refractivity (Wildman–Crippen MR) is 113 cm³/mol. The van der Waals surface area contributed by atoms with Crippen LogP contribution in [0.1, 0.15) is 38.8 Å². The zero-order valence-corrected chi connectivity index (χ0v) is 17.0. The van der Waals surface area contributed by atoms with Crippen molar-refractivity contribution in [3.8, 4) is 17.2 Å². The van der Waals surface area contributed by atoms with Crippen molar-refractivity contribution < 1.29 is 28.2 Å². The predicted octanol–water partition coefficient (Wildman–Crippen LogP) is 5.37. The fraction of sp³-hybridized carbons (Fsp3) is 0.120. The van der Waals surface area contributed by atoms with Gasteiger partial charge in [0.2, 0.25) is 5.78 Å². The number of halogens is 1. The molecule has 0 N–H and O–H groups in total. The number of hydrogen-bond acceptors (Lipinski definition) is 5. The number of allylic oxidation sites excluding steroid dienone is 1. The van der Waals surface area contributed by atoms with Crippen molar-refractivity contribution in [1.82, 2.24) is 0 Å². The number of aryl methyl sites for hydroxylation is 1. The highest BCUT2D eigenvalue weighted by molar-refractivity contribution is 6.15. The molecule has 1 aliphatic rings. The van der Waals surface area contributed by atoms with E-state index in [-0.39, 0.29) is 28.6 Å². The Morgan fingerprint density at radius 3 is 2.61 bits per heavy atom. The summed E-state index contributed by atoms with van der Waals surface area (Å²) in [6, 6.07) is 15.9. The fourth-order valence-electron chi connectivity index (χ4n) is 3.35. The molecule has 0 saturated carbocycles. The van der Waals surface area contributed by atoms with Gasteiger partial charge in [-0.15, -0.1) is 0 Å². The Bertz CT molecular complexity index is 1210. The lowest BCUT2D eigenvalue weighted by molar-refractivity contribution is 0.0729. The smallest absolute Gasteiger partial charge is 0.346 e. The SMILES string of the molecule is CCOc1ccccc1/C=C1\Oc2cc(OC(=O)c3ccccc3F)cc(C)c2C1=O. The number of carbonyl (C=O) groups is 2. The zero-order chi connectivity index (χ0) is 22.0. The number of carbonyl (C=O) groups excluding carboxylic acids is 2. The maximum atomic E-state index is 13.9. The molecule has 0 saturated heterocycles. The second kappa shape index (κ2) is 8.44. The molecule has 0 spiro atoms. The van der Waals surface area contributed by atoms with Crippen LogP contribution in [0.5, 0.6) is 17.2 Å². The van der Waals surface area contributed by atoms with E-state index in [1.807, 2.05) is 31.2 Å². The summed E-state index contributed by atoms with van der Waals surface area (Å²) in [5.41, 5.74) is 1.52. The fourth-order valence-corrected chi connectivity index (χ4v) is 3.35. The molecule has 156 valence electrons. The van der Waals surface area contributed by atoms with Crippen LogP contribution < -0.4 is 14.2 Å². The van der Waals surface area contributed by atoms with E-state index in [0.29, 0.717) is 29.0 Å². The molecule has 5 nitrogen and oxygen atoms in total. The number of hydrogen-bond donors (Lipinski definition) is 0. The summed E-state index contributed by atoms with van der Waals surface area (Å²) in [5.74, 6) is -0.553. The lowest BCUT2D eigenvalue weighted by Crippen LogP contribution is -2.10. The molecule has 0 unspecified atom stereocenters. The van der Waals surface area contributed by atoms with Crippen molar-refractivity contribution in [1.29, 1.82) is 0 Å². The first-order valence-corrected chi connectivity index (χ1v) is 9.75. The van der Waals surface area contributed by atoms with Crippen LogP contribution in [0.2, 0.25) is 0 Å². The molecule has 0 bridgehead atoms. The summed E-state index contributed by atoms with van der Waals surface area (Å²) >= 11 is 0. The minimum absolute atomic E-state index is 0.142. The van der Waals surface area contributed by atoms with Gasteiger partial charge in [0, 0.05) is 11.6 Å². The van der Waals surface area contributed by atoms with Gasteiger partial charge in [-0.1, -0.05) is 30.3 Å². The molecule has 1 aliphatic heterocycles. The third-order valence-corrected chi connectivity index (χ3v) is 4.75. The van der Waals surface area contributed by atoms with Crippen LogP contribution in [-0.2, 0) is 0 Å². The highest BCUT2D eigenvalue weighted by Crippen LogP contribution is 2.38. The molecule has 0 radical (unpaired) electrons. The first kappa shape index (κ1) is 20.3. The molecular weight excluding hydrogens is 399 g/mol. The van der Waals surface area contributed by atoms with Crippen LogP contribution in [0.25, 0.3) is 6.08 Å². The van der Waals surface area contributed by atoms with E-state index in [1.165, 1.54) is 24.3 Å². The van der Waals surface area contributed by atoms with Crippen LogP contribution in [-0.4, -0.2) is 18.4 Å². The number of ether oxygens (including phenoxy) is 3. The normalized spacial score (nSPS) is 13.6. The monoisotopic (exact) mass is 418 g/mol. The Balaban J connectivity index is 1.63. The number of benzene rings is 3. The van der Waals surface area contributed by atoms with E-state index in [1.54, 1.807) is 25.1 Å². The number of rotatable bonds is 5. The first-order chi connectivity index (χ1) is 15.0. The lowest BCUT2D eigenvalue weighted by atomic mass is 10.0. The van der Waals surface area contributed by atoms with Crippen LogP contribution in [0.3, 0.4) is 0 Å². The number of ketones is 1. The van der Waals surface area contributed by atoms with Gasteiger partial charge < -0.3 is 14.2 Å². The van der Waals surface area contributed by atoms with Crippen molar-refractivity contribution in [3.05, 3.63) is 94.5 Å². The molecule has 6 heteroatoms. The third kappa shape index (κ3) is 4.05. The number of esters is 1. The van der Waals surface area contributed by atoms with E-state index in [4.69, 9.17) is 14.2 Å². The van der Waals surface area contributed by atoms with E-state index in [2.05, 4.69) is 0 Å². The summed E-state index contributed by atoms with van der Waals surface area (Å²) in [6.07, 6.45) is 1.62. The molecule has 0 aliphatic carbocycles. The molecule has 0 fully saturated rings. The van der Waals surface area contributed by atoms with Gasteiger partial charge in [-0.3, -0.25) is 4.79 Å².